The highest BCUT2D eigenvalue weighted by atomic mass is 16.2. The van der Waals surface area contributed by atoms with Gasteiger partial charge in [0.1, 0.15) is 0 Å². The van der Waals surface area contributed by atoms with Crippen LogP contribution in [0.1, 0.15) is 47.3 Å². The van der Waals surface area contributed by atoms with Gasteiger partial charge in [-0.2, -0.15) is 0 Å². The summed E-state index contributed by atoms with van der Waals surface area (Å²) in [6.07, 6.45) is 6.39. The van der Waals surface area contributed by atoms with E-state index in [0.717, 1.165) is 53.7 Å². The third-order valence-electron chi connectivity index (χ3n) is 7.67. The zero-order valence-electron chi connectivity index (χ0n) is 16.8. The van der Waals surface area contributed by atoms with Crippen molar-refractivity contribution >= 4 is 28.8 Å². The lowest BCUT2D eigenvalue weighted by molar-refractivity contribution is 0.0251. The van der Waals surface area contributed by atoms with Crippen LogP contribution in [0.25, 0.3) is 11.0 Å². The van der Waals surface area contributed by atoms with Gasteiger partial charge in [0, 0.05) is 30.8 Å². The first-order valence-corrected chi connectivity index (χ1v) is 10.5. The molecule has 3 aliphatic rings. The molecule has 3 atom stereocenters. The van der Waals surface area contributed by atoms with Gasteiger partial charge in [-0.15, -0.1) is 0 Å². The van der Waals surface area contributed by atoms with E-state index in [1.807, 2.05) is 24.4 Å². The Kier molecular flexibility index (Phi) is 3.38. The Bertz CT molecular complexity index is 1190. The molecular formula is C24H24N4O. The second kappa shape index (κ2) is 5.78. The van der Waals surface area contributed by atoms with Crippen LogP contribution in [0, 0.1) is 5.92 Å². The van der Waals surface area contributed by atoms with Crippen molar-refractivity contribution in [2.45, 2.75) is 44.6 Å². The summed E-state index contributed by atoms with van der Waals surface area (Å²) in [6.45, 7) is 5.49. The van der Waals surface area contributed by atoms with Crippen molar-refractivity contribution in [3.05, 3.63) is 58.9 Å². The van der Waals surface area contributed by atoms with E-state index in [0.29, 0.717) is 5.92 Å². The molecule has 5 heteroatoms. The van der Waals surface area contributed by atoms with E-state index in [-0.39, 0.29) is 17.4 Å². The maximum atomic E-state index is 13.5. The average Bonchev–Trinajstić information content (AvgIpc) is 3.37. The summed E-state index contributed by atoms with van der Waals surface area (Å²) < 4.78 is 0. The smallest absolute Gasteiger partial charge is 0.254 e. The van der Waals surface area contributed by atoms with Gasteiger partial charge in [0.05, 0.1) is 23.0 Å². The van der Waals surface area contributed by atoms with Crippen LogP contribution in [0.4, 0.5) is 5.69 Å². The summed E-state index contributed by atoms with van der Waals surface area (Å²) >= 11 is 0. The Morgan fingerprint density at radius 1 is 1.24 bits per heavy atom. The van der Waals surface area contributed by atoms with Gasteiger partial charge in [0.2, 0.25) is 0 Å². The first kappa shape index (κ1) is 17.0. The van der Waals surface area contributed by atoms with Crippen LogP contribution in [0.5, 0.6) is 0 Å². The normalized spacial score (nSPS) is 27.2. The molecule has 5 nitrogen and oxygen atoms in total. The van der Waals surface area contributed by atoms with E-state index in [1.165, 1.54) is 11.1 Å². The average molecular weight is 384 g/mol. The fourth-order valence-corrected chi connectivity index (χ4v) is 5.73. The van der Waals surface area contributed by atoms with Crippen LogP contribution in [0.15, 0.2) is 41.7 Å². The Morgan fingerprint density at radius 3 is 3.03 bits per heavy atom. The number of likely N-dealkylation sites (tertiary alicyclic amines) is 1. The molecule has 146 valence electrons. The van der Waals surface area contributed by atoms with Crippen molar-refractivity contribution in [1.29, 1.82) is 0 Å². The minimum atomic E-state index is 0.0773. The topological polar surface area (TPSA) is 61.4 Å². The number of rotatable bonds is 1. The summed E-state index contributed by atoms with van der Waals surface area (Å²) in [5.74, 6) is 0.562. The quantitative estimate of drug-likeness (QED) is 0.684. The number of hydrogen-bond acceptors (Lipinski definition) is 3. The zero-order chi connectivity index (χ0) is 19.8. The molecule has 1 aliphatic carbocycles. The Hall–Kier alpha value is -2.95. The lowest BCUT2D eigenvalue weighted by Gasteiger charge is -2.54. The van der Waals surface area contributed by atoms with Gasteiger partial charge in [0.15, 0.2) is 0 Å². The number of aromatic amines is 1. The van der Waals surface area contributed by atoms with Gasteiger partial charge in [-0.25, -0.2) is 4.98 Å². The molecule has 1 fully saturated rings. The number of H-pyrrole nitrogens is 1. The number of amides is 1. The van der Waals surface area contributed by atoms with Gasteiger partial charge >= 0.3 is 0 Å². The Balaban J connectivity index is 1.39. The molecule has 3 aromatic rings. The highest BCUT2D eigenvalue weighted by molar-refractivity contribution is 5.96. The lowest BCUT2D eigenvalue weighted by Crippen LogP contribution is -2.59. The number of hydrogen-bond donors (Lipinski definition) is 1. The first-order chi connectivity index (χ1) is 14.0. The molecule has 2 aliphatic heterocycles. The fourth-order valence-electron chi connectivity index (χ4n) is 5.73. The number of aliphatic imine (C=N–C) groups is 1. The summed E-state index contributed by atoms with van der Waals surface area (Å²) in [6, 6.07) is 10.7. The Morgan fingerprint density at radius 2 is 2.14 bits per heavy atom. The minimum absolute atomic E-state index is 0.0773. The van der Waals surface area contributed by atoms with E-state index >= 15 is 0 Å². The molecule has 1 saturated heterocycles. The third kappa shape index (κ3) is 2.30. The van der Waals surface area contributed by atoms with Crippen LogP contribution in [-0.2, 0) is 18.3 Å². The van der Waals surface area contributed by atoms with E-state index < -0.39 is 0 Å². The van der Waals surface area contributed by atoms with Crippen molar-refractivity contribution in [3.8, 4) is 0 Å². The molecule has 0 spiro atoms. The van der Waals surface area contributed by atoms with E-state index in [4.69, 9.17) is 0 Å². The maximum Gasteiger partial charge on any atom is 0.254 e. The van der Waals surface area contributed by atoms with Crippen molar-refractivity contribution < 1.29 is 4.79 Å². The lowest BCUT2D eigenvalue weighted by atomic mass is 9.59. The van der Waals surface area contributed by atoms with E-state index in [1.54, 1.807) is 6.33 Å². The third-order valence-corrected chi connectivity index (χ3v) is 7.67. The molecule has 6 rings (SSSR count). The van der Waals surface area contributed by atoms with Crippen molar-refractivity contribution in [2.24, 2.45) is 10.9 Å². The molecule has 2 bridgehead atoms. The van der Waals surface area contributed by atoms with Gasteiger partial charge in [-0.3, -0.25) is 9.79 Å². The number of imidazole rings is 1. The highest BCUT2D eigenvalue weighted by Gasteiger charge is 2.49. The van der Waals surface area contributed by atoms with Crippen molar-refractivity contribution in [1.82, 2.24) is 14.9 Å². The second-order valence-electron chi connectivity index (χ2n) is 9.01. The maximum absolute atomic E-state index is 13.5. The number of benzene rings is 2. The SMILES string of the molecule is C[C@@H]1[C@H]2Cc3cc4[nH]cnc4cc3[C@]1(C)CCN2C(=O)c1ccc2c(c1)CC=N2. The van der Waals surface area contributed by atoms with Crippen LogP contribution < -0.4 is 0 Å². The van der Waals surface area contributed by atoms with Gasteiger partial charge in [-0.05, 0) is 71.2 Å². The van der Waals surface area contributed by atoms with Gasteiger partial charge < -0.3 is 9.88 Å². The molecular weight excluding hydrogens is 360 g/mol. The molecule has 0 unspecified atom stereocenters. The molecule has 1 N–H and O–H groups in total. The summed E-state index contributed by atoms with van der Waals surface area (Å²) in [7, 11) is 0. The first-order valence-electron chi connectivity index (χ1n) is 10.5. The number of nitrogens with zero attached hydrogens (tertiary/aromatic N) is 3. The van der Waals surface area contributed by atoms with Gasteiger partial charge in [-0.1, -0.05) is 13.8 Å². The number of aromatic nitrogens is 2. The van der Waals surface area contributed by atoms with E-state index in [9.17, 15) is 4.79 Å². The Labute approximate surface area is 169 Å². The number of carbonyl (C=O) groups is 1. The minimum Gasteiger partial charge on any atom is -0.345 e. The van der Waals surface area contributed by atoms with Gasteiger partial charge in [0.25, 0.3) is 5.91 Å². The van der Waals surface area contributed by atoms with Crippen LogP contribution in [0.3, 0.4) is 0 Å². The van der Waals surface area contributed by atoms with Crippen molar-refractivity contribution in [2.75, 3.05) is 6.54 Å². The standard InChI is InChI=1S/C24H24N4O/c1-14-22-11-17-10-20-21(27-13-26-20)12-18(17)24(14,2)6-8-28(22)23(29)16-3-4-19-15(9-16)5-7-25-19/h3-4,7,9-10,12-14,22H,5-6,8,11H2,1-2H3,(H,26,27)/t14-,22-,24-/m1/s1. The monoisotopic (exact) mass is 384 g/mol. The number of nitrogens with one attached hydrogen (secondary N) is 1. The predicted octanol–water partition coefficient (Wildman–Crippen LogP) is 4.19. The number of piperidine rings is 1. The second-order valence-corrected chi connectivity index (χ2v) is 9.01. The molecule has 2 aromatic carbocycles. The molecule has 0 radical (unpaired) electrons. The molecule has 0 saturated carbocycles. The predicted molar refractivity (Wildman–Crippen MR) is 114 cm³/mol. The van der Waals surface area contributed by atoms with Crippen LogP contribution in [-0.4, -0.2) is 39.6 Å². The summed E-state index contributed by atoms with van der Waals surface area (Å²) in [4.78, 5) is 27.7. The van der Waals surface area contributed by atoms with Crippen LogP contribution >= 0.6 is 0 Å². The fraction of sp³-hybridized carbons (Fsp3) is 0.375. The number of carbonyl (C=O) groups excluding carboxylic acids is 1. The number of fused-ring (bicyclic) bond motifs is 6. The summed E-state index contributed by atoms with van der Waals surface area (Å²) in [5, 5.41) is 0. The molecule has 1 amide bonds. The zero-order valence-corrected chi connectivity index (χ0v) is 16.8. The highest BCUT2D eigenvalue weighted by Crippen LogP contribution is 2.49. The molecule has 3 heterocycles. The molecule has 1 aromatic heterocycles. The van der Waals surface area contributed by atoms with E-state index in [2.05, 4.69) is 45.8 Å². The molecule has 29 heavy (non-hydrogen) atoms. The van der Waals surface area contributed by atoms with Crippen molar-refractivity contribution in [3.63, 3.8) is 0 Å². The summed E-state index contributed by atoms with van der Waals surface area (Å²) in [5.41, 5.74) is 7.91. The van der Waals surface area contributed by atoms with Crippen LogP contribution in [0.2, 0.25) is 0 Å². The largest absolute Gasteiger partial charge is 0.345 e.